The lowest BCUT2D eigenvalue weighted by atomic mass is 10.1. The third kappa shape index (κ3) is 4.48. The van der Waals surface area contributed by atoms with E-state index >= 15 is 0 Å². The van der Waals surface area contributed by atoms with Gasteiger partial charge in [0.05, 0.1) is 0 Å². The van der Waals surface area contributed by atoms with E-state index in [1.54, 1.807) is 6.07 Å². The Balaban J connectivity index is 1.92. The first-order chi connectivity index (χ1) is 9.54. The van der Waals surface area contributed by atoms with E-state index in [1.165, 1.54) is 12.1 Å². The van der Waals surface area contributed by atoms with Crippen molar-refractivity contribution >= 4 is 23.2 Å². The molecule has 0 fully saturated rings. The van der Waals surface area contributed by atoms with Crippen LogP contribution in [0.2, 0.25) is 10.0 Å². The summed E-state index contributed by atoms with van der Waals surface area (Å²) in [7, 11) is 0. The van der Waals surface area contributed by atoms with Crippen molar-refractivity contribution in [3.05, 3.63) is 69.5 Å². The highest BCUT2D eigenvalue weighted by Crippen LogP contribution is 2.17. The molecule has 1 unspecified atom stereocenters. The molecule has 0 saturated carbocycles. The molecular weight excluding hydrogens is 296 g/mol. The van der Waals surface area contributed by atoms with E-state index in [-0.39, 0.29) is 11.9 Å². The molecular formula is C16H16Cl2FN. The maximum absolute atomic E-state index is 13.2. The van der Waals surface area contributed by atoms with Gasteiger partial charge in [0, 0.05) is 22.6 Å². The summed E-state index contributed by atoms with van der Waals surface area (Å²) in [6.07, 6.45) is 0.822. The molecule has 0 bridgehead atoms. The van der Waals surface area contributed by atoms with Crippen molar-refractivity contribution in [3.8, 4) is 0 Å². The second-order valence-corrected chi connectivity index (χ2v) is 5.70. The van der Waals surface area contributed by atoms with Crippen LogP contribution in [0.5, 0.6) is 0 Å². The van der Waals surface area contributed by atoms with Gasteiger partial charge in [0.1, 0.15) is 5.82 Å². The highest BCUT2D eigenvalue weighted by atomic mass is 35.5. The normalized spacial score (nSPS) is 12.4. The van der Waals surface area contributed by atoms with Crippen molar-refractivity contribution in [2.24, 2.45) is 0 Å². The van der Waals surface area contributed by atoms with Crippen LogP contribution in [0.15, 0.2) is 42.5 Å². The highest BCUT2D eigenvalue weighted by Gasteiger charge is 2.07. The third-order valence-corrected chi connectivity index (χ3v) is 3.65. The Kier molecular flexibility index (Phi) is 5.41. The van der Waals surface area contributed by atoms with Crippen molar-refractivity contribution in [1.82, 2.24) is 5.32 Å². The van der Waals surface area contributed by atoms with Crippen LogP contribution in [0.4, 0.5) is 4.39 Å². The molecule has 0 amide bonds. The monoisotopic (exact) mass is 311 g/mol. The fourth-order valence-corrected chi connectivity index (χ4v) is 2.53. The fraction of sp³-hybridized carbons (Fsp3) is 0.250. The largest absolute Gasteiger partial charge is 0.310 e. The maximum Gasteiger partial charge on any atom is 0.125 e. The molecule has 0 radical (unpaired) electrons. The first-order valence-electron chi connectivity index (χ1n) is 6.46. The smallest absolute Gasteiger partial charge is 0.125 e. The minimum absolute atomic E-state index is 0.233. The Morgan fingerprint density at radius 3 is 2.60 bits per heavy atom. The van der Waals surface area contributed by atoms with E-state index < -0.39 is 0 Å². The van der Waals surface area contributed by atoms with E-state index in [1.807, 2.05) is 24.3 Å². The predicted molar refractivity (Wildman–Crippen MR) is 82.9 cm³/mol. The number of rotatable bonds is 5. The Labute approximate surface area is 128 Å². The summed E-state index contributed by atoms with van der Waals surface area (Å²) in [5.74, 6) is -0.312. The topological polar surface area (TPSA) is 12.0 Å². The molecule has 0 spiro atoms. The highest BCUT2D eigenvalue weighted by molar-refractivity contribution is 6.31. The van der Waals surface area contributed by atoms with Crippen LogP contribution in [0.1, 0.15) is 18.1 Å². The summed E-state index contributed by atoms with van der Waals surface area (Å²) < 4.78 is 13.2. The molecule has 0 aliphatic rings. The van der Waals surface area contributed by atoms with Crippen molar-refractivity contribution in [2.75, 3.05) is 0 Å². The van der Waals surface area contributed by atoms with Gasteiger partial charge in [-0.1, -0.05) is 41.4 Å². The zero-order valence-electron chi connectivity index (χ0n) is 11.2. The molecule has 1 N–H and O–H groups in total. The Hall–Kier alpha value is -1.09. The molecule has 0 aliphatic heterocycles. The van der Waals surface area contributed by atoms with E-state index in [0.29, 0.717) is 11.6 Å². The molecule has 20 heavy (non-hydrogen) atoms. The Morgan fingerprint density at radius 1 is 1.15 bits per heavy atom. The van der Waals surface area contributed by atoms with Gasteiger partial charge >= 0.3 is 0 Å². The van der Waals surface area contributed by atoms with Gasteiger partial charge in [-0.2, -0.15) is 0 Å². The van der Waals surface area contributed by atoms with Crippen LogP contribution in [0.3, 0.4) is 0 Å². The molecule has 0 aliphatic carbocycles. The van der Waals surface area contributed by atoms with Crippen LogP contribution in [0, 0.1) is 5.82 Å². The van der Waals surface area contributed by atoms with Crippen molar-refractivity contribution in [1.29, 1.82) is 0 Å². The van der Waals surface area contributed by atoms with Crippen LogP contribution in [-0.2, 0) is 13.0 Å². The van der Waals surface area contributed by atoms with Crippen molar-refractivity contribution < 1.29 is 4.39 Å². The quantitative estimate of drug-likeness (QED) is 0.832. The molecule has 2 rings (SSSR count). The molecule has 0 heterocycles. The predicted octanol–water partition coefficient (Wildman–Crippen LogP) is 4.85. The third-order valence-electron chi connectivity index (χ3n) is 3.06. The van der Waals surface area contributed by atoms with Crippen LogP contribution in [0.25, 0.3) is 0 Å². The summed E-state index contributed by atoms with van der Waals surface area (Å²) >= 11 is 12.0. The zero-order valence-corrected chi connectivity index (χ0v) is 12.7. The second kappa shape index (κ2) is 7.07. The summed E-state index contributed by atoms with van der Waals surface area (Å²) in [5, 5.41) is 4.54. The van der Waals surface area contributed by atoms with Gasteiger partial charge in [-0.05, 0) is 48.7 Å². The Bertz CT molecular complexity index is 566. The van der Waals surface area contributed by atoms with Gasteiger partial charge in [0.15, 0.2) is 0 Å². The van der Waals surface area contributed by atoms with Gasteiger partial charge in [-0.15, -0.1) is 0 Å². The first-order valence-corrected chi connectivity index (χ1v) is 7.22. The number of halogens is 3. The van der Waals surface area contributed by atoms with E-state index in [0.717, 1.165) is 22.6 Å². The van der Waals surface area contributed by atoms with E-state index in [2.05, 4.69) is 12.2 Å². The molecule has 0 saturated heterocycles. The molecule has 2 aromatic rings. The van der Waals surface area contributed by atoms with Gasteiger partial charge in [0.25, 0.3) is 0 Å². The van der Waals surface area contributed by atoms with Gasteiger partial charge < -0.3 is 5.32 Å². The maximum atomic E-state index is 13.2. The Morgan fingerprint density at radius 2 is 1.90 bits per heavy atom. The minimum Gasteiger partial charge on any atom is -0.310 e. The van der Waals surface area contributed by atoms with Crippen LogP contribution < -0.4 is 5.32 Å². The van der Waals surface area contributed by atoms with Crippen molar-refractivity contribution in [2.45, 2.75) is 25.9 Å². The van der Waals surface area contributed by atoms with Gasteiger partial charge in [-0.3, -0.25) is 0 Å². The van der Waals surface area contributed by atoms with Gasteiger partial charge in [0.2, 0.25) is 0 Å². The standard InChI is InChI=1S/C16H16Cl2FN/c1-11(6-13-4-2-3-5-16(13)18)20-10-12-7-14(17)9-15(19)8-12/h2-5,7-9,11,20H,6,10H2,1H3. The summed E-state index contributed by atoms with van der Waals surface area (Å²) in [6, 6.07) is 12.6. The van der Waals surface area contributed by atoms with Crippen LogP contribution >= 0.6 is 23.2 Å². The summed E-state index contributed by atoms with van der Waals surface area (Å²) in [4.78, 5) is 0. The fourth-order valence-electron chi connectivity index (χ4n) is 2.07. The van der Waals surface area contributed by atoms with Gasteiger partial charge in [-0.25, -0.2) is 4.39 Å². The average Bonchev–Trinajstić information content (AvgIpc) is 2.38. The number of benzene rings is 2. The lowest BCUT2D eigenvalue weighted by Gasteiger charge is -2.15. The molecule has 1 atom stereocenters. The molecule has 0 aromatic heterocycles. The number of nitrogens with one attached hydrogen (secondary N) is 1. The van der Waals surface area contributed by atoms with Crippen LogP contribution in [-0.4, -0.2) is 6.04 Å². The van der Waals surface area contributed by atoms with Crippen molar-refractivity contribution in [3.63, 3.8) is 0 Å². The first kappa shape index (κ1) is 15.3. The summed E-state index contributed by atoms with van der Waals surface area (Å²) in [5.41, 5.74) is 1.94. The molecule has 2 aromatic carbocycles. The zero-order chi connectivity index (χ0) is 14.5. The SMILES string of the molecule is CC(Cc1ccccc1Cl)NCc1cc(F)cc(Cl)c1. The molecule has 4 heteroatoms. The summed E-state index contributed by atoms with van der Waals surface area (Å²) in [6.45, 7) is 2.65. The second-order valence-electron chi connectivity index (χ2n) is 4.86. The average molecular weight is 312 g/mol. The molecule has 1 nitrogen and oxygen atoms in total. The minimum atomic E-state index is -0.312. The van der Waals surface area contributed by atoms with E-state index in [9.17, 15) is 4.39 Å². The lowest BCUT2D eigenvalue weighted by Crippen LogP contribution is -2.27. The van der Waals surface area contributed by atoms with E-state index in [4.69, 9.17) is 23.2 Å². The molecule has 106 valence electrons. The number of hydrogen-bond donors (Lipinski definition) is 1. The number of hydrogen-bond acceptors (Lipinski definition) is 1. The lowest BCUT2D eigenvalue weighted by molar-refractivity contribution is 0.542.